The highest BCUT2D eigenvalue weighted by Crippen LogP contribution is 2.12. The van der Waals surface area contributed by atoms with Crippen molar-refractivity contribution in [2.24, 2.45) is 0 Å². The van der Waals surface area contributed by atoms with Crippen LogP contribution < -0.4 is 4.90 Å². The van der Waals surface area contributed by atoms with Gasteiger partial charge in [-0.1, -0.05) is 0 Å². The quantitative estimate of drug-likeness (QED) is 0.754. The highest BCUT2D eigenvalue weighted by Gasteiger charge is 2.09. The first-order chi connectivity index (χ1) is 6.52. The van der Waals surface area contributed by atoms with Gasteiger partial charge in [0, 0.05) is 20.2 Å². The minimum absolute atomic E-state index is 0.0654. The van der Waals surface area contributed by atoms with Gasteiger partial charge in [0.15, 0.2) is 0 Å². The summed E-state index contributed by atoms with van der Waals surface area (Å²) in [5.74, 6) is -1.23. The van der Waals surface area contributed by atoms with Crippen LogP contribution in [-0.2, 0) is 4.79 Å². The number of aromatic carboxylic acids is 1. The zero-order chi connectivity index (χ0) is 10.7. The summed E-state index contributed by atoms with van der Waals surface area (Å²) in [6.45, 7) is 1.40. The van der Waals surface area contributed by atoms with Gasteiger partial charge < -0.3 is 10.0 Å². The third kappa shape index (κ3) is 2.07. The molecular weight excluding hydrogens is 184 g/mol. The lowest BCUT2D eigenvalue weighted by atomic mass is 10.2. The zero-order valence-electron chi connectivity index (χ0n) is 7.89. The number of aromatic nitrogens is 1. The van der Waals surface area contributed by atoms with E-state index in [1.54, 1.807) is 7.05 Å². The van der Waals surface area contributed by atoms with E-state index >= 15 is 0 Å². The molecule has 0 aromatic carbocycles. The van der Waals surface area contributed by atoms with Crippen molar-refractivity contribution < 1.29 is 14.7 Å². The van der Waals surface area contributed by atoms with Crippen LogP contribution in [0.25, 0.3) is 0 Å². The third-order valence-corrected chi connectivity index (χ3v) is 1.83. The fraction of sp³-hybridized carbons (Fsp3) is 0.222. The zero-order valence-corrected chi connectivity index (χ0v) is 7.89. The minimum atomic E-state index is -1.06. The molecule has 1 rings (SSSR count). The fourth-order valence-corrected chi connectivity index (χ4v) is 0.910. The SMILES string of the molecule is CC(=O)N(C)c1cncc(C(=O)O)c1. The van der Waals surface area contributed by atoms with Crippen molar-refractivity contribution in [2.75, 3.05) is 11.9 Å². The predicted octanol–water partition coefficient (Wildman–Crippen LogP) is 0.763. The van der Waals surface area contributed by atoms with Gasteiger partial charge >= 0.3 is 5.97 Å². The molecule has 0 radical (unpaired) electrons. The number of pyridine rings is 1. The second kappa shape index (κ2) is 3.87. The minimum Gasteiger partial charge on any atom is -0.478 e. The molecule has 5 heteroatoms. The van der Waals surface area contributed by atoms with Crippen molar-refractivity contribution in [3.8, 4) is 0 Å². The lowest BCUT2D eigenvalue weighted by Gasteiger charge is -2.14. The van der Waals surface area contributed by atoms with Crippen LogP contribution in [0.15, 0.2) is 18.5 Å². The maximum Gasteiger partial charge on any atom is 0.337 e. The predicted molar refractivity (Wildman–Crippen MR) is 50.3 cm³/mol. The van der Waals surface area contributed by atoms with E-state index in [0.29, 0.717) is 5.69 Å². The highest BCUT2D eigenvalue weighted by atomic mass is 16.4. The van der Waals surface area contributed by atoms with E-state index in [-0.39, 0.29) is 11.5 Å². The summed E-state index contributed by atoms with van der Waals surface area (Å²) in [7, 11) is 1.56. The van der Waals surface area contributed by atoms with Crippen LogP contribution in [0.4, 0.5) is 5.69 Å². The molecule has 0 aliphatic heterocycles. The van der Waals surface area contributed by atoms with Crippen LogP contribution in [0.5, 0.6) is 0 Å². The summed E-state index contributed by atoms with van der Waals surface area (Å²) < 4.78 is 0. The van der Waals surface area contributed by atoms with Crippen LogP contribution >= 0.6 is 0 Å². The van der Waals surface area contributed by atoms with Crippen LogP contribution in [-0.4, -0.2) is 29.0 Å². The number of amides is 1. The summed E-state index contributed by atoms with van der Waals surface area (Å²) in [5, 5.41) is 8.69. The average Bonchev–Trinajstić information content (AvgIpc) is 2.16. The Bertz CT molecular complexity index is 376. The number of hydrogen-bond acceptors (Lipinski definition) is 3. The monoisotopic (exact) mass is 194 g/mol. The molecule has 0 aliphatic carbocycles. The molecule has 1 aromatic heterocycles. The summed E-state index contributed by atoms with van der Waals surface area (Å²) in [6.07, 6.45) is 2.67. The largest absolute Gasteiger partial charge is 0.478 e. The maximum atomic E-state index is 11.0. The highest BCUT2D eigenvalue weighted by molar-refractivity contribution is 5.93. The number of carbonyl (C=O) groups excluding carboxylic acids is 1. The van der Waals surface area contributed by atoms with E-state index in [0.717, 1.165) is 0 Å². The first-order valence-electron chi connectivity index (χ1n) is 3.95. The Balaban J connectivity index is 3.05. The number of anilines is 1. The van der Waals surface area contributed by atoms with Gasteiger partial charge in [-0.3, -0.25) is 9.78 Å². The van der Waals surface area contributed by atoms with E-state index in [9.17, 15) is 9.59 Å². The van der Waals surface area contributed by atoms with Gasteiger partial charge in [0.25, 0.3) is 0 Å². The molecule has 0 atom stereocenters. The second-order valence-electron chi connectivity index (χ2n) is 2.82. The van der Waals surface area contributed by atoms with Crippen LogP contribution in [0, 0.1) is 0 Å². The van der Waals surface area contributed by atoms with Crippen molar-refractivity contribution in [1.82, 2.24) is 4.98 Å². The molecule has 0 spiro atoms. The molecule has 0 fully saturated rings. The van der Waals surface area contributed by atoms with E-state index in [1.165, 1.54) is 30.3 Å². The number of hydrogen-bond donors (Lipinski definition) is 1. The van der Waals surface area contributed by atoms with Crippen LogP contribution in [0.2, 0.25) is 0 Å². The number of carboxylic acids is 1. The summed E-state index contributed by atoms with van der Waals surface area (Å²) in [4.78, 5) is 26.6. The molecule has 0 unspecified atom stereocenters. The molecule has 0 saturated carbocycles. The Labute approximate surface area is 81.0 Å². The summed E-state index contributed by atoms with van der Waals surface area (Å²) in [6, 6.07) is 1.40. The molecule has 0 saturated heterocycles. The standard InChI is InChI=1S/C9H10N2O3/c1-6(12)11(2)8-3-7(9(13)14)4-10-5-8/h3-5H,1-2H3,(H,13,14). The van der Waals surface area contributed by atoms with Gasteiger partial charge in [-0.2, -0.15) is 0 Å². The number of carboxylic acid groups (broad SMARTS) is 1. The molecule has 74 valence electrons. The molecule has 5 nitrogen and oxygen atoms in total. The van der Waals surface area contributed by atoms with Crippen LogP contribution in [0.1, 0.15) is 17.3 Å². The fourth-order valence-electron chi connectivity index (χ4n) is 0.910. The molecule has 0 aliphatic rings. The Kier molecular flexibility index (Phi) is 2.81. The van der Waals surface area contributed by atoms with Crippen molar-refractivity contribution >= 4 is 17.6 Å². The van der Waals surface area contributed by atoms with Gasteiger partial charge in [-0.05, 0) is 6.07 Å². The molecule has 14 heavy (non-hydrogen) atoms. The Hall–Kier alpha value is -1.91. The smallest absolute Gasteiger partial charge is 0.337 e. The van der Waals surface area contributed by atoms with Crippen molar-refractivity contribution in [3.05, 3.63) is 24.0 Å². The Morgan fingerprint density at radius 3 is 2.57 bits per heavy atom. The van der Waals surface area contributed by atoms with E-state index < -0.39 is 5.97 Å². The van der Waals surface area contributed by atoms with Gasteiger partial charge in [0.05, 0.1) is 17.4 Å². The third-order valence-electron chi connectivity index (χ3n) is 1.83. The molecule has 0 bridgehead atoms. The molecule has 1 N–H and O–H groups in total. The van der Waals surface area contributed by atoms with Crippen molar-refractivity contribution in [1.29, 1.82) is 0 Å². The Morgan fingerprint density at radius 2 is 2.07 bits per heavy atom. The number of nitrogens with zero attached hydrogens (tertiary/aromatic N) is 2. The van der Waals surface area contributed by atoms with E-state index in [2.05, 4.69) is 4.98 Å². The van der Waals surface area contributed by atoms with Gasteiger partial charge in [0.2, 0.25) is 5.91 Å². The van der Waals surface area contributed by atoms with E-state index in [4.69, 9.17) is 5.11 Å². The molecule has 1 amide bonds. The van der Waals surface area contributed by atoms with Crippen molar-refractivity contribution in [3.63, 3.8) is 0 Å². The van der Waals surface area contributed by atoms with Crippen molar-refractivity contribution in [2.45, 2.75) is 6.92 Å². The van der Waals surface area contributed by atoms with Gasteiger partial charge in [0.1, 0.15) is 0 Å². The average molecular weight is 194 g/mol. The first kappa shape index (κ1) is 10.2. The van der Waals surface area contributed by atoms with Crippen LogP contribution in [0.3, 0.4) is 0 Å². The maximum absolute atomic E-state index is 11.0. The number of rotatable bonds is 2. The molecule has 1 aromatic rings. The van der Waals surface area contributed by atoms with E-state index in [1.807, 2.05) is 0 Å². The lowest BCUT2D eigenvalue weighted by Crippen LogP contribution is -2.23. The topological polar surface area (TPSA) is 70.5 Å². The van der Waals surface area contributed by atoms with Gasteiger partial charge in [-0.25, -0.2) is 4.79 Å². The normalized spacial score (nSPS) is 9.57. The van der Waals surface area contributed by atoms with Gasteiger partial charge in [-0.15, -0.1) is 0 Å². The Morgan fingerprint density at radius 1 is 1.43 bits per heavy atom. The lowest BCUT2D eigenvalue weighted by molar-refractivity contribution is -0.116. The second-order valence-corrected chi connectivity index (χ2v) is 2.82. The molecular formula is C9H10N2O3. The summed E-state index contributed by atoms with van der Waals surface area (Å²) >= 11 is 0. The molecule has 1 heterocycles. The number of carbonyl (C=O) groups is 2. The summed E-state index contributed by atoms with van der Waals surface area (Å²) in [5.41, 5.74) is 0.535. The first-order valence-corrected chi connectivity index (χ1v) is 3.95.